The summed E-state index contributed by atoms with van der Waals surface area (Å²) in [7, 11) is 0. The summed E-state index contributed by atoms with van der Waals surface area (Å²) in [6.45, 7) is 3.95. The van der Waals surface area contributed by atoms with Crippen LogP contribution >= 0.6 is 0 Å². The van der Waals surface area contributed by atoms with E-state index in [1.807, 2.05) is 62.4 Å². The zero-order valence-corrected chi connectivity index (χ0v) is 11.0. The molecule has 1 atom stereocenters. The predicted molar refractivity (Wildman–Crippen MR) is 72.4 cm³/mol. The first-order valence-corrected chi connectivity index (χ1v) is 6.06. The molecule has 0 aliphatic heterocycles. The van der Waals surface area contributed by atoms with Crippen LogP contribution in [0.3, 0.4) is 0 Å². The first-order chi connectivity index (χ1) is 9.20. The predicted octanol–water partition coefficient (Wildman–Crippen LogP) is 3.88. The highest BCUT2D eigenvalue weighted by Crippen LogP contribution is 2.22. The Labute approximate surface area is 112 Å². The van der Waals surface area contributed by atoms with Crippen molar-refractivity contribution >= 4 is 0 Å². The monoisotopic (exact) mass is 253 g/mol. The Hall–Kier alpha value is -2.31. The third-order valence-electron chi connectivity index (χ3n) is 2.78. The minimum Gasteiger partial charge on any atom is -0.336 e. The van der Waals surface area contributed by atoms with Crippen LogP contribution in [-0.2, 0) is 4.89 Å². The van der Waals surface area contributed by atoms with Crippen LogP contribution in [-0.4, -0.2) is 0 Å². The lowest BCUT2D eigenvalue weighted by Gasteiger charge is -2.12. The van der Waals surface area contributed by atoms with Gasteiger partial charge in [0, 0.05) is 0 Å². The van der Waals surface area contributed by atoms with E-state index in [9.17, 15) is 0 Å². The lowest BCUT2D eigenvalue weighted by molar-refractivity contribution is -0.232. The molecule has 19 heavy (non-hydrogen) atoms. The van der Waals surface area contributed by atoms with Crippen LogP contribution in [0.2, 0.25) is 0 Å². The Morgan fingerprint density at radius 2 is 1.79 bits per heavy atom. The van der Waals surface area contributed by atoms with Crippen molar-refractivity contribution in [2.24, 2.45) is 0 Å². The van der Waals surface area contributed by atoms with E-state index in [-0.39, 0.29) is 0 Å². The number of rotatable bonds is 4. The molecule has 0 radical (unpaired) electrons. The van der Waals surface area contributed by atoms with E-state index in [4.69, 9.17) is 15.0 Å². The summed E-state index contributed by atoms with van der Waals surface area (Å²) < 4.78 is 0. The van der Waals surface area contributed by atoms with Gasteiger partial charge in [-0.25, -0.2) is 0 Å². The summed E-state index contributed by atoms with van der Waals surface area (Å²) in [6.07, 6.45) is -0.734. The van der Waals surface area contributed by atoms with Gasteiger partial charge in [-0.1, -0.05) is 48.0 Å². The van der Waals surface area contributed by atoms with E-state index in [1.165, 1.54) is 0 Å². The Kier molecular flexibility index (Phi) is 4.17. The lowest BCUT2D eigenvalue weighted by atomic mass is 10.1. The number of nitriles is 1. The first-order valence-electron chi connectivity index (χ1n) is 6.06. The normalized spacial score (nSPS) is 11.6. The molecular formula is C16H15NO2. The van der Waals surface area contributed by atoms with Crippen LogP contribution in [0.25, 0.3) is 0 Å². The highest BCUT2D eigenvalue weighted by atomic mass is 17.2. The summed E-state index contributed by atoms with van der Waals surface area (Å²) >= 11 is 0. The average Bonchev–Trinajstić information content (AvgIpc) is 2.43. The van der Waals surface area contributed by atoms with Gasteiger partial charge in [0.2, 0.25) is 6.10 Å². The Morgan fingerprint density at radius 1 is 1.05 bits per heavy atom. The second-order valence-electron chi connectivity index (χ2n) is 4.37. The molecule has 0 bridgehead atoms. The summed E-state index contributed by atoms with van der Waals surface area (Å²) in [5.74, 6) is 0.627. The number of benzene rings is 2. The van der Waals surface area contributed by atoms with Crippen LogP contribution in [0.5, 0.6) is 5.75 Å². The van der Waals surface area contributed by atoms with Gasteiger partial charge in [0.25, 0.3) is 0 Å². The molecule has 3 heteroatoms. The molecule has 2 aromatic carbocycles. The zero-order valence-electron chi connectivity index (χ0n) is 11.0. The number of nitrogens with zero attached hydrogens (tertiary/aromatic N) is 1. The topological polar surface area (TPSA) is 42.2 Å². The Morgan fingerprint density at radius 3 is 2.42 bits per heavy atom. The molecule has 0 spiro atoms. The van der Waals surface area contributed by atoms with E-state index in [1.54, 1.807) is 0 Å². The maximum atomic E-state index is 9.12. The third kappa shape index (κ3) is 3.34. The van der Waals surface area contributed by atoms with Crippen molar-refractivity contribution in [3.05, 3.63) is 65.2 Å². The molecule has 0 heterocycles. The molecule has 0 N–H and O–H groups in total. The minimum absolute atomic E-state index is 0.627. The number of hydrogen-bond acceptors (Lipinski definition) is 3. The molecule has 0 amide bonds. The fourth-order valence-corrected chi connectivity index (χ4v) is 1.77. The largest absolute Gasteiger partial charge is 0.336 e. The molecule has 0 aliphatic carbocycles. The van der Waals surface area contributed by atoms with E-state index < -0.39 is 6.10 Å². The standard InChI is InChI=1S/C16H15NO2/c1-12-8-9-15(13(2)10-12)18-19-16(11-17)14-6-4-3-5-7-14/h3-10,16H,1-2H3. The van der Waals surface area contributed by atoms with Gasteiger partial charge in [0.15, 0.2) is 5.75 Å². The smallest absolute Gasteiger partial charge is 0.215 e. The summed E-state index contributed by atoms with van der Waals surface area (Å²) in [5.41, 5.74) is 2.91. The zero-order chi connectivity index (χ0) is 13.7. The van der Waals surface area contributed by atoms with E-state index >= 15 is 0 Å². The maximum absolute atomic E-state index is 9.12. The van der Waals surface area contributed by atoms with Crippen LogP contribution in [0.4, 0.5) is 0 Å². The van der Waals surface area contributed by atoms with Crippen molar-refractivity contribution in [3.63, 3.8) is 0 Å². The van der Waals surface area contributed by atoms with E-state index in [0.29, 0.717) is 5.75 Å². The van der Waals surface area contributed by atoms with Gasteiger partial charge in [-0.2, -0.15) is 10.1 Å². The molecule has 0 aromatic heterocycles. The lowest BCUT2D eigenvalue weighted by Crippen LogP contribution is -2.06. The van der Waals surface area contributed by atoms with Gasteiger partial charge in [0.05, 0.1) is 0 Å². The van der Waals surface area contributed by atoms with E-state index in [2.05, 4.69) is 6.07 Å². The quantitative estimate of drug-likeness (QED) is 0.613. The molecule has 0 saturated carbocycles. The van der Waals surface area contributed by atoms with Gasteiger partial charge < -0.3 is 4.89 Å². The van der Waals surface area contributed by atoms with Crippen LogP contribution < -0.4 is 4.89 Å². The third-order valence-corrected chi connectivity index (χ3v) is 2.78. The second-order valence-corrected chi connectivity index (χ2v) is 4.37. The Bertz CT molecular complexity index is 587. The molecule has 2 aromatic rings. The highest BCUT2D eigenvalue weighted by molar-refractivity contribution is 5.35. The van der Waals surface area contributed by atoms with Crippen molar-refractivity contribution < 1.29 is 9.78 Å². The second kappa shape index (κ2) is 6.03. The fourth-order valence-electron chi connectivity index (χ4n) is 1.77. The van der Waals surface area contributed by atoms with Crippen LogP contribution in [0.1, 0.15) is 22.8 Å². The van der Waals surface area contributed by atoms with Crippen molar-refractivity contribution in [1.82, 2.24) is 0 Å². The van der Waals surface area contributed by atoms with Gasteiger partial charge >= 0.3 is 0 Å². The minimum atomic E-state index is -0.734. The molecule has 1 unspecified atom stereocenters. The molecule has 2 rings (SSSR count). The van der Waals surface area contributed by atoms with Gasteiger partial charge in [-0.05, 0) is 31.0 Å². The SMILES string of the molecule is Cc1ccc(OOC(C#N)c2ccccc2)c(C)c1. The molecule has 0 saturated heterocycles. The van der Waals surface area contributed by atoms with Crippen molar-refractivity contribution in [3.8, 4) is 11.8 Å². The molecule has 0 aliphatic rings. The molecule has 96 valence electrons. The average molecular weight is 253 g/mol. The van der Waals surface area contributed by atoms with E-state index in [0.717, 1.165) is 16.7 Å². The Balaban J connectivity index is 2.07. The molecular weight excluding hydrogens is 238 g/mol. The molecule has 3 nitrogen and oxygen atoms in total. The van der Waals surface area contributed by atoms with Crippen molar-refractivity contribution in [1.29, 1.82) is 5.26 Å². The van der Waals surface area contributed by atoms with Gasteiger partial charge in [0.1, 0.15) is 6.07 Å². The fraction of sp³-hybridized carbons (Fsp3) is 0.188. The summed E-state index contributed by atoms with van der Waals surface area (Å²) in [4.78, 5) is 10.5. The van der Waals surface area contributed by atoms with Gasteiger partial charge in [-0.3, -0.25) is 0 Å². The maximum Gasteiger partial charge on any atom is 0.215 e. The molecule has 0 fully saturated rings. The number of aryl methyl sites for hydroxylation is 2. The first kappa shape index (κ1) is 13.1. The highest BCUT2D eigenvalue weighted by Gasteiger charge is 2.13. The van der Waals surface area contributed by atoms with Crippen LogP contribution in [0, 0.1) is 25.2 Å². The van der Waals surface area contributed by atoms with Crippen LogP contribution in [0.15, 0.2) is 48.5 Å². The van der Waals surface area contributed by atoms with Crippen molar-refractivity contribution in [2.75, 3.05) is 0 Å². The van der Waals surface area contributed by atoms with Gasteiger partial charge in [-0.15, -0.1) is 0 Å². The number of hydrogen-bond donors (Lipinski definition) is 0. The summed E-state index contributed by atoms with van der Waals surface area (Å²) in [5, 5.41) is 9.12. The van der Waals surface area contributed by atoms with Crippen molar-refractivity contribution in [2.45, 2.75) is 20.0 Å². The summed E-state index contributed by atoms with van der Waals surface area (Å²) in [6, 6.07) is 17.1.